The third-order valence-electron chi connectivity index (χ3n) is 5.92. The minimum atomic E-state index is -0.875. The van der Waals surface area contributed by atoms with E-state index in [-0.39, 0.29) is 29.6 Å². The van der Waals surface area contributed by atoms with Gasteiger partial charge in [0.1, 0.15) is 11.1 Å². The Kier molecular flexibility index (Phi) is 7.85. The third-order valence-corrected chi connectivity index (χ3v) is 5.92. The second-order valence-electron chi connectivity index (χ2n) is 9.02. The summed E-state index contributed by atoms with van der Waals surface area (Å²) < 4.78 is 1.85. The number of aliphatic hydroxyl groups is 1. The minimum Gasteiger partial charge on any atom is -0.387 e. The Labute approximate surface area is 189 Å². The molecule has 1 unspecified atom stereocenters. The van der Waals surface area contributed by atoms with Crippen LogP contribution in [0.15, 0.2) is 47.5 Å². The molecule has 2 N–H and O–H groups in total. The molecule has 1 atom stereocenters. The molecule has 7 heteroatoms. The molecular formula is C25H33N3O4. The van der Waals surface area contributed by atoms with Crippen molar-refractivity contribution in [2.75, 3.05) is 20.1 Å². The quantitative estimate of drug-likeness (QED) is 0.661. The topological polar surface area (TPSA) is 91.6 Å². The average Bonchev–Trinajstić information content (AvgIpc) is 3.32. The van der Waals surface area contributed by atoms with Crippen LogP contribution in [0.25, 0.3) is 0 Å². The zero-order chi connectivity index (χ0) is 23.3. The van der Waals surface area contributed by atoms with E-state index in [1.807, 2.05) is 36.6 Å². The number of benzene rings is 1. The minimum absolute atomic E-state index is 0.0135. The van der Waals surface area contributed by atoms with Crippen LogP contribution in [0, 0.1) is 5.92 Å². The summed E-state index contributed by atoms with van der Waals surface area (Å²) in [4.78, 5) is 40.4. The van der Waals surface area contributed by atoms with E-state index < -0.39 is 23.3 Å². The van der Waals surface area contributed by atoms with Crippen LogP contribution in [0.1, 0.15) is 78.0 Å². The molecule has 32 heavy (non-hydrogen) atoms. The highest BCUT2D eigenvalue weighted by atomic mass is 16.3. The van der Waals surface area contributed by atoms with E-state index >= 15 is 0 Å². The van der Waals surface area contributed by atoms with E-state index in [0.29, 0.717) is 12.1 Å². The van der Waals surface area contributed by atoms with Gasteiger partial charge in [0, 0.05) is 32.0 Å². The molecule has 2 amide bonds. The van der Waals surface area contributed by atoms with Gasteiger partial charge in [-0.3, -0.25) is 14.4 Å². The molecule has 1 saturated carbocycles. The number of rotatable bonds is 8. The highest BCUT2D eigenvalue weighted by Crippen LogP contribution is 2.29. The normalized spacial score (nSPS) is 15.0. The largest absolute Gasteiger partial charge is 0.387 e. The van der Waals surface area contributed by atoms with Crippen LogP contribution < -0.4 is 10.7 Å². The van der Waals surface area contributed by atoms with Crippen molar-refractivity contribution in [3.05, 3.63) is 69.6 Å². The Morgan fingerprint density at radius 1 is 1.12 bits per heavy atom. The standard InChI is InChI=1S/C25H33N3O4/c1-17(2)13-26-24(31)20-14-28(19-11-7-8-12-19)15-21(23(20)30)25(32)27(3)16-22(29)18-9-5-4-6-10-18/h4-6,9-10,14-15,17,19,22,29H,7-8,11-13,16H2,1-3H3,(H,26,31). The highest BCUT2D eigenvalue weighted by molar-refractivity contribution is 5.99. The van der Waals surface area contributed by atoms with Gasteiger partial charge in [0.25, 0.3) is 11.8 Å². The molecule has 3 rings (SSSR count). The van der Waals surface area contributed by atoms with Crippen LogP contribution >= 0.6 is 0 Å². The summed E-state index contributed by atoms with van der Waals surface area (Å²) in [7, 11) is 1.55. The molecule has 1 fully saturated rings. The molecule has 7 nitrogen and oxygen atoms in total. The van der Waals surface area contributed by atoms with Crippen molar-refractivity contribution >= 4 is 11.8 Å². The first-order chi connectivity index (χ1) is 15.3. The summed E-state index contributed by atoms with van der Waals surface area (Å²) in [6, 6.07) is 9.23. The smallest absolute Gasteiger partial charge is 0.259 e. The monoisotopic (exact) mass is 439 g/mol. The van der Waals surface area contributed by atoms with Crippen molar-refractivity contribution < 1.29 is 14.7 Å². The molecular weight excluding hydrogens is 406 g/mol. The van der Waals surface area contributed by atoms with Crippen molar-refractivity contribution in [1.82, 2.24) is 14.8 Å². The van der Waals surface area contributed by atoms with Crippen molar-refractivity contribution in [2.45, 2.75) is 51.7 Å². The van der Waals surface area contributed by atoms with Crippen molar-refractivity contribution in [2.24, 2.45) is 5.92 Å². The maximum Gasteiger partial charge on any atom is 0.259 e. The summed E-state index contributed by atoms with van der Waals surface area (Å²) in [6.45, 7) is 4.44. The predicted molar refractivity (Wildman–Crippen MR) is 124 cm³/mol. The number of amides is 2. The molecule has 1 aliphatic carbocycles. The molecule has 0 radical (unpaired) electrons. The maximum absolute atomic E-state index is 13.2. The van der Waals surface area contributed by atoms with E-state index in [4.69, 9.17) is 0 Å². The number of hydrogen-bond donors (Lipinski definition) is 2. The number of hydrogen-bond acceptors (Lipinski definition) is 4. The summed E-state index contributed by atoms with van der Waals surface area (Å²) >= 11 is 0. The fourth-order valence-electron chi connectivity index (χ4n) is 4.05. The Bertz CT molecular complexity index is 994. The molecule has 172 valence electrons. The van der Waals surface area contributed by atoms with Crippen molar-refractivity contribution in [1.29, 1.82) is 0 Å². The van der Waals surface area contributed by atoms with Gasteiger partial charge in [-0.15, -0.1) is 0 Å². The number of nitrogens with zero attached hydrogens (tertiary/aromatic N) is 2. The summed E-state index contributed by atoms with van der Waals surface area (Å²) in [5, 5.41) is 13.3. The number of aromatic nitrogens is 1. The molecule has 1 aromatic carbocycles. The lowest BCUT2D eigenvalue weighted by Crippen LogP contribution is -2.38. The zero-order valence-electron chi connectivity index (χ0n) is 19.1. The van der Waals surface area contributed by atoms with Gasteiger partial charge < -0.3 is 19.9 Å². The number of carbonyl (C=O) groups excluding carboxylic acids is 2. The molecule has 1 aliphatic rings. The van der Waals surface area contributed by atoms with Gasteiger partial charge >= 0.3 is 0 Å². The van der Waals surface area contributed by atoms with E-state index in [9.17, 15) is 19.5 Å². The average molecular weight is 440 g/mol. The Morgan fingerprint density at radius 3 is 2.38 bits per heavy atom. The molecule has 2 aromatic rings. The Morgan fingerprint density at radius 2 is 1.75 bits per heavy atom. The fourth-order valence-corrected chi connectivity index (χ4v) is 4.05. The van der Waals surface area contributed by atoms with Crippen LogP contribution in [0.5, 0.6) is 0 Å². The van der Waals surface area contributed by atoms with E-state index in [2.05, 4.69) is 5.32 Å². The molecule has 0 saturated heterocycles. The van der Waals surface area contributed by atoms with Crippen LogP contribution in [0.3, 0.4) is 0 Å². The van der Waals surface area contributed by atoms with E-state index in [1.54, 1.807) is 31.6 Å². The van der Waals surface area contributed by atoms with Crippen molar-refractivity contribution in [3.63, 3.8) is 0 Å². The van der Waals surface area contributed by atoms with Gasteiger partial charge in [-0.1, -0.05) is 57.0 Å². The van der Waals surface area contributed by atoms with Crippen LogP contribution in [-0.2, 0) is 0 Å². The lowest BCUT2D eigenvalue weighted by Gasteiger charge is -2.23. The van der Waals surface area contributed by atoms with Gasteiger partial charge in [-0.25, -0.2) is 0 Å². The van der Waals surface area contributed by atoms with E-state index in [1.165, 1.54) is 4.90 Å². The number of aliphatic hydroxyl groups excluding tert-OH is 1. The van der Waals surface area contributed by atoms with E-state index in [0.717, 1.165) is 25.7 Å². The van der Waals surface area contributed by atoms with Crippen LogP contribution in [0.2, 0.25) is 0 Å². The zero-order valence-corrected chi connectivity index (χ0v) is 19.1. The fraction of sp³-hybridized carbons (Fsp3) is 0.480. The molecule has 1 aromatic heterocycles. The van der Waals surface area contributed by atoms with Gasteiger partial charge in [0.15, 0.2) is 0 Å². The first-order valence-corrected chi connectivity index (χ1v) is 11.3. The summed E-state index contributed by atoms with van der Waals surface area (Å²) in [6.07, 6.45) is 6.35. The molecule has 0 bridgehead atoms. The van der Waals surface area contributed by atoms with Gasteiger partial charge in [-0.2, -0.15) is 0 Å². The number of pyridine rings is 1. The highest BCUT2D eigenvalue weighted by Gasteiger charge is 2.26. The first kappa shape index (κ1) is 23.7. The number of likely N-dealkylation sites (N-methyl/N-ethyl adjacent to an activating group) is 1. The number of carbonyl (C=O) groups is 2. The lowest BCUT2D eigenvalue weighted by atomic mass is 10.1. The Balaban J connectivity index is 1.90. The van der Waals surface area contributed by atoms with Gasteiger partial charge in [0.2, 0.25) is 5.43 Å². The molecule has 0 aliphatic heterocycles. The SMILES string of the molecule is CC(C)CNC(=O)c1cn(C2CCCC2)cc(C(=O)N(C)CC(O)c2ccccc2)c1=O. The third kappa shape index (κ3) is 5.65. The number of nitrogens with one attached hydrogen (secondary N) is 1. The predicted octanol–water partition coefficient (Wildman–Crippen LogP) is 3.15. The second-order valence-corrected chi connectivity index (χ2v) is 9.02. The Hall–Kier alpha value is -2.93. The molecule has 1 heterocycles. The maximum atomic E-state index is 13.2. The van der Waals surface area contributed by atoms with Crippen LogP contribution in [-0.4, -0.2) is 46.5 Å². The lowest BCUT2D eigenvalue weighted by molar-refractivity contribution is 0.0678. The summed E-state index contributed by atoms with van der Waals surface area (Å²) in [5.74, 6) is -0.723. The van der Waals surface area contributed by atoms with Crippen molar-refractivity contribution in [3.8, 4) is 0 Å². The second kappa shape index (κ2) is 10.6. The molecule has 0 spiro atoms. The summed E-state index contributed by atoms with van der Waals surface area (Å²) in [5.41, 5.74) is 0.0566. The first-order valence-electron chi connectivity index (χ1n) is 11.3. The van der Waals surface area contributed by atoms with Gasteiger partial charge in [0.05, 0.1) is 12.6 Å². The van der Waals surface area contributed by atoms with Gasteiger partial charge in [-0.05, 0) is 24.3 Å². The van der Waals surface area contributed by atoms with Crippen LogP contribution in [0.4, 0.5) is 0 Å².